The van der Waals surface area contributed by atoms with Crippen molar-refractivity contribution >= 4 is 17.5 Å². The van der Waals surface area contributed by atoms with Crippen molar-refractivity contribution in [3.05, 3.63) is 29.8 Å². The zero-order valence-electron chi connectivity index (χ0n) is 10.6. The van der Waals surface area contributed by atoms with E-state index in [0.29, 0.717) is 0 Å². The van der Waals surface area contributed by atoms with Crippen molar-refractivity contribution in [2.45, 2.75) is 32.6 Å². The first-order valence-corrected chi connectivity index (χ1v) is 6.63. The minimum absolute atomic E-state index is 0.00954. The Labute approximate surface area is 107 Å². The normalized spacial score (nSPS) is 27.5. The van der Waals surface area contributed by atoms with Gasteiger partial charge in [0.05, 0.1) is 17.5 Å². The van der Waals surface area contributed by atoms with E-state index < -0.39 is 0 Å². The molecule has 2 atom stereocenters. The SMILES string of the molecule is Cc1cccc(N2C(=O)[C@H]3CCCC[C@H]3C2=O)c1. The van der Waals surface area contributed by atoms with Crippen LogP contribution in [-0.4, -0.2) is 11.8 Å². The monoisotopic (exact) mass is 243 g/mol. The van der Waals surface area contributed by atoms with Crippen LogP contribution < -0.4 is 4.90 Å². The number of hydrogen-bond acceptors (Lipinski definition) is 2. The van der Waals surface area contributed by atoms with E-state index in [-0.39, 0.29) is 23.7 Å². The number of nitrogens with zero attached hydrogens (tertiary/aromatic N) is 1. The maximum absolute atomic E-state index is 12.4. The highest BCUT2D eigenvalue weighted by Gasteiger charge is 2.48. The molecule has 0 spiro atoms. The summed E-state index contributed by atoms with van der Waals surface area (Å²) in [5.74, 6) is -0.107. The van der Waals surface area contributed by atoms with Gasteiger partial charge in [-0.3, -0.25) is 14.5 Å². The predicted octanol–water partition coefficient (Wildman–Crippen LogP) is 2.67. The molecule has 2 aliphatic rings. The Morgan fingerprint density at radius 3 is 2.22 bits per heavy atom. The Morgan fingerprint density at radius 1 is 1.06 bits per heavy atom. The van der Waals surface area contributed by atoms with Gasteiger partial charge in [0, 0.05) is 0 Å². The number of aryl methyl sites for hydroxylation is 1. The summed E-state index contributed by atoms with van der Waals surface area (Å²) >= 11 is 0. The summed E-state index contributed by atoms with van der Waals surface area (Å²) in [6, 6.07) is 7.63. The van der Waals surface area contributed by atoms with Crippen LogP contribution in [0.1, 0.15) is 31.2 Å². The van der Waals surface area contributed by atoms with Gasteiger partial charge in [-0.2, -0.15) is 0 Å². The Morgan fingerprint density at radius 2 is 1.67 bits per heavy atom. The molecule has 0 radical (unpaired) electrons. The fraction of sp³-hybridized carbons (Fsp3) is 0.467. The summed E-state index contributed by atoms with van der Waals surface area (Å²) in [4.78, 5) is 26.1. The standard InChI is InChI=1S/C15H17NO2/c1-10-5-4-6-11(9-10)16-14(17)12-7-2-3-8-13(12)15(16)18/h4-6,9,12-13H,2-3,7-8H2,1H3/t12-,13+. The molecule has 3 nitrogen and oxygen atoms in total. The third-order valence-electron chi connectivity index (χ3n) is 4.10. The van der Waals surface area contributed by atoms with Gasteiger partial charge in [0.1, 0.15) is 0 Å². The lowest BCUT2D eigenvalue weighted by Crippen LogP contribution is -2.30. The summed E-state index contributed by atoms with van der Waals surface area (Å²) < 4.78 is 0. The molecule has 3 rings (SSSR count). The average Bonchev–Trinajstić information content (AvgIpc) is 2.63. The quantitative estimate of drug-likeness (QED) is 0.711. The maximum atomic E-state index is 12.4. The van der Waals surface area contributed by atoms with Gasteiger partial charge in [0.25, 0.3) is 0 Å². The molecule has 1 aliphatic heterocycles. The second-order valence-electron chi connectivity index (χ2n) is 5.35. The Hall–Kier alpha value is -1.64. The topological polar surface area (TPSA) is 37.4 Å². The van der Waals surface area contributed by atoms with Gasteiger partial charge in [-0.05, 0) is 37.5 Å². The molecule has 0 bridgehead atoms. The van der Waals surface area contributed by atoms with Crippen molar-refractivity contribution in [3.8, 4) is 0 Å². The van der Waals surface area contributed by atoms with Gasteiger partial charge in [-0.25, -0.2) is 0 Å². The highest BCUT2D eigenvalue weighted by Crippen LogP contribution is 2.40. The van der Waals surface area contributed by atoms with Crippen LogP contribution in [0.3, 0.4) is 0 Å². The summed E-state index contributed by atoms with van der Waals surface area (Å²) in [5, 5.41) is 0. The average molecular weight is 243 g/mol. The number of carbonyl (C=O) groups is 2. The number of fused-ring (bicyclic) bond motifs is 1. The van der Waals surface area contributed by atoms with Crippen molar-refractivity contribution in [3.63, 3.8) is 0 Å². The molecule has 1 heterocycles. The van der Waals surface area contributed by atoms with E-state index in [9.17, 15) is 9.59 Å². The molecule has 0 aromatic heterocycles. The van der Waals surface area contributed by atoms with Gasteiger partial charge in [0.2, 0.25) is 11.8 Å². The maximum Gasteiger partial charge on any atom is 0.237 e. The van der Waals surface area contributed by atoms with E-state index in [1.54, 1.807) is 0 Å². The van der Waals surface area contributed by atoms with Crippen LogP contribution in [0.5, 0.6) is 0 Å². The van der Waals surface area contributed by atoms with Gasteiger partial charge >= 0.3 is 0 Å². The first-order valence-electron chi connectivity index (χ1n) is 6.63. The fourth-order valence-electron chi connectivity index (χ4n) is 3.18. The third-order valence-corrected chi connectivity index (χ3v) is 4.10. The van der Waals surface area contributed by atoms with E-state index >= 15 is 0 Å². The fourth-order valence-corrected chi connectivity index (χ4v) is 3.18. The summed E-state index contributed by atoms with van der Waals surface area (Å²) in [7, 11) is 0. The van der Waals surface area contributed by atoms with Crippen LogP contribution >= 0.6 is 0 Å². The van der Waals surface area contributed by atoms with Crippen LogP contribution in [0.4, 0.5) is 5.69 Å². The minimum atomic E-state index is -0.0632. The molecule has 0 unspecified atom stereocenters. The summed E-state index contributed by atoms with van der Waals surface area (Å²) in [6.45, 7) is 1.97. The van der Waals surface area contributed by atoms with E-state index in [0.717, 1.165) is 36.9 Å². The van der Waals surface area contributed by atoms with Crippen LogP contribution in [0.15, 0.2) is 24.3 Å². The molecule has 1 aromatic carbocycles. The largest absolute Gasteiger partial charge is 0.274 e. The number of benzene rings is 1. The summed E-state index contributed by atoms with van der Waals surface area (Å²) in [6.07, 6.45) is 3.89. The molecule has 18 heavy (non-hydrogen) atoms. The zero-order valence-corrected chi connectivity index (χ0v) is 10.6. The van der Waals surface area contributed by atoms with E-state index in [4.69, 9.17) is 0 Å². The molecule has 2 amide bonds. The molecular formula is C15H17NO2. The van der Waals surface area contributed by atoms with Gasteiger partial charge in [0.15, 0.2) is 0 Å². The minimum Gasteiger partial charge on any atom is -0.274 e. The molecule has 1 aromatic rings. The number of amides is 2. The zero-order chi connectivity index (χ0) is 12.7. The van der Waals surface area contributed by atoms with Crippen molar-refractivity contribution in [2.24, 2.45) is 11.8 Å². The van der Waals surface area contributed by atoms with E-state index in [1.807, 2.05) is 31.2 Å². The van der Waals surface area contributed by atoms with Crippen LogP contribution in [0.25, 0.3) is 0 Å². The molecule has 1 saturated heterocycles. The lowest BCUT2D eigenvalue weighted by Gasteiger charge is -2.19. The predicted molar refractivity (Wildman–Crippen MR) is 69.1 cm³/mol. The smallest absolute Gasteiger partial charge is 0.237 e. The molecule has 94 valence electrons. The number of rotatable bonds is 1. The number of carbonyl (C=O) groups excluding carboxylic acids is 2. The first kappa shape index (κ1) is 11.5. The number of anilines is 1. The van der Waals surface area contributed by atoms with Crippen molar-refractivity contribution in [1.82, 2.24) is 0 Å². The van der Waals surface area contributed by atoms with Gasteiger partial charge < -0.3 is 0 Å². The second kappa shape index (κ2) is 4.23. The Balaban J connectivity index is 1.97. The van der Waals surface area contributed by atoms with Gasteiger partial charge in [-0.15, -0.1) is 0 Å². The first-order chi connectivity index (χ1) is 8.68. The van der Waals surface area contributed by atoms with Crippen LogP contribution in [0, 0.1) is 18.8 Å². The van der Waals surface area contributed by atoms with Gasteiger partial charge in [-0.1, -0.05) is 25.0 Å². The molecule has 1 saturated carbocycles. The number of hydrogen-bond donors (Lipinski definition) is 0. The number of imide groups is 1. The van der Waals surface area contributed by atoms with Crippen molar-refractivity contribution < 1.29 is 9.59 Å². The molecule has 1 aliphatic carbocycles. The Kier molecular flexibility index (Phi) is 2.69. The molecular weight excluding hydrogens is 226 g/mol. The van der Waals surface area contributed by atoms with E-state index in [1.165, 1.54) is 4.90 Å². The molecule has 0 N–H and O–H groups in total. The highest BCUT2D eigenvalue weighted by atomic mass is 16.2. The summed E-state index contributed by atoms with van der Waals surface area (Å²) in [5.41, 5.74) is 1.81. The van der Waals surface area contributed by atoms with Crippen LogP contribution in [0.2, 0.25) is 0 Å². The second-order valence-corrected chi connectivity index (χ2v) is 5.35. The highest BCUT2D eigenvalue weighted by molar-refractivity contribution is 6.22. The lowest BCUT2D eigenvalue weighted by atomic mass is 9.81. The molecule has 2 fully saturated rings. The third kappa shape index (κ3) is 1.65. The van der Waals surface area contributed by atoms with Crippen molar-refractivity contribution in [1.29, 1.82) is 0 Å². The van der Waals surface area contributed by atoms with E-state index in [2.05, 4.69) is 0 Å². The lowest BCUT2D eigenvalue weighted by molar-refractivity contribution is -0.122. The van der Waals surface area contributed by atoms with Crippen LogP contribution in [-0.2, 0) is 9.59 Å². The molecule has 3 heteroatoms. The van der Waals surface area contributed by atoms with Crippen molar-refractivity contribution in [2.75, 3.05) is 4.90 Å². The Bertz CT molecular complexity index is 485.